The van der Waals surface area contributed by atoms with Crippen molar-refractivity contribution in [3.63, 3.8) is 0 Å². The summed E-state index contributed by atoms with van der Waals surface area (Å²) in [6, 6.07) is 9.17. The molecule has 29 heavy (non-hydrogen) atoms. The zero-order chi connectivity index (χ0) is 21.0. The van der Waals surface area contributed by atoms with Crippen molar-refractivity contribution >= 4 is 17.6 Å². The van der Waals surface area contributed by atoms with Gasteiger partial charge in [0.2, 0.25) is 5.91 Å². The summed E-state index contributed by atoms with van der Waals surface area (Å²) in [6.45, 7) is 2.21. The van der Waals surface area contributed by atoms with Crippen LogP contribution in [0, 0.1) is 11.6 Å². The van der Waals surface area contributed by atoms with Crippen molar-refractivity contribution in [2.75, 3.05) is 45.2 Å². The predicted molar refractivity (Wildman–Crippen MR) is 106 cm³/mol. The summed E-state index contributed by atoms with van der Waals surface area (Å²) < 4.78 is 27.2. The van der Waals surface area contributed by atoms with Crippen LogP contribution in [0.25, 0.3) is 0 Å². The molecule has 0 bridgehead atoms. The van der Waals surface area contributed by atoms with E-state index >= 15 is 0 Å². The summed E-state index contributed by atoms with van der Waals surface area (Å²) in [5.74, 6) is -1.64. The minimum absolute atomic E-state index is 0.0627. The Morgan fingerprint density at radius 2 is 1.79 bits per heavy atom. The summed E-state index contributed by atoms with van der Waals surface area (Å²) in [5, 5.41) is 0. The summed E-state index contributed by atoms with van der Waals surface area (Å²) in [4.78, 5) is 34.4. The Morgan fingerprint density at radius 3 is 2.55 bits per heavy atom. The first-order chi connectivity index (χ1) is 13.9. The van der Waals surface area contributed by atoms with Crippen molar-refractivity contribution in [2.24, 2.45) is 0 Å². The number of hydrogen-bond acceptors (Lipinski definition) is 4. The van der Waals surface area contributed by atoms with Gasteiger partial charge in [0.05, 0.1) is 6.42 Å². The van der Waals surface area contributed by atoms with Gasteiger partial charge in [-0.05, 0) is 24.6 Å². The van der Waals surface area contributed by atoms with Gasteiger partial charge in [0.1, 0.15) is 11.5 Å². The highest BCUT2D eigenvalue weighted by atomic mass is 19.2. The van der Waals surface area contributed by atoms with E-state index in [0.29, 0.717) is 44.1 Å². The first-order valence-corrected chi connectivity index (χ1v) is 9.51. The third-order valence-electron chi connectivity index (χ3n) is 4.91. The molecule has 154 valence electrons. The molecule has 1 aromatic heterocycles. The second-order valence-corrected chi connectivity index (χ2v) is 7.19. The maximum Gasteiger partial charge on any atom is 0.272 e. The molecular weight excluding hydrogens is 378 g/mol. The number of pyridine rings is 1. The topological polar surface area (TPSA) is 56.8 Å². The van der Waals surface area contributed by atoms with Crippen LogP contribution in [-0.4, -0.2) is 66.9 Å². The third kappa shape index (κ3) is 4.88. The van der Waals surface area contributed by atoms with Gasteiger partial charge in [-0.25, -0.2) is 13.8 Å². The summed E-state index contributed by atoms with van der Waals surface area (Å²) >= 11 is 0. The van der Waals surface area contributed by atoms with Gasteiger partial charge in [0.25, 0.3) is 5.91 Å². The lowest BCUT2D eigenvalue weighted by Gasteiger charge is -2.23. The highest BCUT2D eigenvalue weighted by Crippen LogP contribution is 2.17. The minimum Gasteiger partial charge on any atom is -0.355 e. The number of rotatable bonds is 4. The van der Waals surface area contributed by atoms with Crippen molar-refractivity contribution in [1.82, 2.24) is 14.8 Å². The molecule has 6 nitrogen and oxygen atoms in total. The van der Waals surface area contributed by atoms with Crippen LogP contribution in [0.1, 0.15) is 22.5 Å². The van der Waals surface area contributed by atoms with Crippen molar-refractivity contribution in [3.8, 4) is 0 Å². The zero-order valence-corrected chi connectivity index (χ0v) is 16.6. The highest BCUT2D eigenvalue weighted by Gasteiger charge is 2.22. The fourth-order valence-corrected chi connectivity index (χ4v) is 3.30. The van der Waals surface area contributed by atoms with Crippen molar-refractivity contribution < 1.29 is 18.4 Å². The van der Waals surface area contributed by atoms with Crippen LogP contribution in [0.4, 0.5) is 14.6 Å². The molecule has 0 spiro atoms. The Kier molecular flexibility index (Phi) is 6.41. The van der Waals surface area contributed by atoms with Gasteiger partial charge >= 0.3 is 0 Å². The van der Waals surface area contributed by atoms with Gasteiger partial charge in [-0.15, -0.1) is 0 Å². The van der Waals surface area contributed by atoms with Crippen LogP contribution in [-0.2, 0) is 11.2 Å². The quantitative estimate of drug-likeness (QED) is 0.788. The first kappa shape index (κ1) is 20.7. The number of anilines is 1. The van der Waals surface area contributed by atoms with E-state index in [1.54, 1.807) is 31.1 Å². The second-order valence-electron chi connectivity index (χ2n) is 7.19. The van der Waals surface area contributed by atoms with Gasteiger partial charge in [0.15, 0.2) is 11.6 Å². The summed E-state index contributed by atoms with van der Waals surface area (Å²) in [5.41, 5.74) is 0.430. The molecule has 2 heterocycles. The van der Waals surface area contributed by atoms with Crippen molar-refractivity contribution in [3.05, 3.63) is 59.3 Å². The highest BCUT2D eigenvalue weighted by molar-refractivity contribution is 5.92. The lowest BCUT2D eigenvalue weighted by molar-refractivity contribution is -0.130. The maximum absolute atomic E-state index is 13.9. The molecule has 1 aliphatic rings. The van der Waals surface area contributed by atoms with Crippen LogP contribution in [0.2, 0.25) is 0 Å². The number of aromatic nitrogens is 1. The fourth-order valence-electron chi connectivity index (χ4n) is 3.30. The van der Waals surface area contributed by atoms with Gasteiger partial charge < -0.3 is 14.7 Å². The average Bonchev–Trinajstić information content (AvgIpc) is 2.97. The molecule has 3 rings (SSSR count). The molecule has 0 saturated carbocycles. The SMILES string of the molecule is CN(C)C(=O)c1cccc(N2CCCN(C(=O)Cc3cccc(F)c3F)CC2)n1. The van der Waals surface area contributed by atoms with Crippen molar-refractivity contribution in [1.29, 1.82) is 0 Å². The van der Waals surface area contributed by atoms with Crippen LogP contribution in [0.3, 0.4) is 0 Å². The molecule has 0 atom stereocenters. The molecule has 0 radical (unpaired) electrons. The normalized spacial score (nSPS) is 14.5. The predicted octanol–water partition coefficient (Wildman–Crippen LogP) is 2.34. The largest absolute Gasteiger partial charge is 0.355 e. The van der Waals surface area contributed by atoms with Gasteiger partial charge in [-0.1, -0.05) is 18.2 Å². The van der Waals surface area contributed by atoms with Crippen molar-refractivity contribution in [2.45, 2.75) is 12.8 Å². The number of amides is 2. The molecule has 2 aromatic rings. The molecule has 0 unspecified atom stereocenters. The molecule has 1 aromatic carbocycles. The Hall–Kier alpha value is -3.03. The van der Waals surface area contributed by atoms with Crippen LogP contribution < -0.4 is 4.90 Å². The van der Waals surface area contributed by atoms with E-state index in [2.05, 4.69) is 4.98 Å². The standard InChI is InChI=1S/C21H24F2N4O2/c1-25(2)21(29)17-8-4-9-18(24-17)26-10-5-11-27(13-12-26)19(28)14-15-6-3-7-16(22)20(15)23/h3-4,6-9H,5,10-14H2,1-2H3. The minimum atomic E-state index is -0.969. The molecule has 8 heteroatoms. The third-order valence-corrected chi connectivity index (χ3v) is 4.91. The van der Waals surface area contributed by atoms with E-state index in [9.17, 15) is 18.4 Å². The Labute approximate surface area is 168 Å². The van der Waals surface area contributed by atoms with E-state index in [0.717, 1.165) is 6.07 Å². The molecule has 0 aliphatic carbocycles. The molecule has 1 saturated heterocycles. The Morgan fingerprint density at radius 1 is 1.03 bits per heavy atom. The number of halogens is 2. The zero-order valence-electron chi connectivity index (χ0n) is 16.6. The summed E-state index contributed by atoms with van der Waals surface area (Å²) in [7, 11) is 3.35. The van der Waals surface area contributed by atoms with Gasteiger partial charge in [-0.3, -0.25) is 9.59 Å². The molecule has 0 N–H and O–H groups in total. The number of carbonyl (C=O) groups excluding carboxylic acids is 2. The number of benzene rings is 1. The fraction of sp³-hybridized carbons (Fsp3) is 0.381. The average molecular weight is 402 g/mol. The lowest BCUT2D eigenvalue weighted by atomic mass is 10.1. The number of hydrogen-bond donors (Lipinski definition) is 0. The van der Waals surface area contributed by atoms with Crippen LogP contribution in [0.15, 0.2) is 36.4 Å². The maximum atomic E-state index is 13.9. The number of nitrogens with zero attached hydrogens (tertiary/aromatic N) is 4. The van der Waals surface area contributed by atoms with Crippen LogP contribution in [0.5, 0.6) is 0 Å². The Bertz CT molecular complexity index is 904. The second kappa shape index (κ2) is 8.98. The van der Waals surface area contributed by atoms with Crippen LogP contribution >= 0.6 is 0 Å². The van der Waals surface area contributed by atoms with E-state index in [-0.39, 0.29) is 23.8 Å². The summed E-state index contributed by atoms with van der Waals surface area (Å²) in [6.07, 6.45) is 0.541. The first-order valence-electron chi connectivity index (χ1n) is 9.51. The number of carbonyl (C=O) groups is 2. The van der Waals surface area contributed by atoms with Gasteiger partial charge in [-0.2, -0.15) is 0 Å². The molecule has 1 aliphatic heterocycles. The van der Waals surface area contributed by atoms with E-state index in [1.807, 2.05) is 11.0 Å². The van der Waals surface area contributed by atoms with E-state index < -0.39 is 11.6 Å². The molecular formula is C21H24F2N4O2. The smallest absolute Gasteiger partial charge is 0.272 e. The van der Waals surface area contributed by atoms with E-state index in [4.69, 9.17) is 0 Å². The van der Waals surface area contributed by atoms with Gasteiger partial charge in [0, 0.05) is 45.8 Å². The Balaban J connectivity index is 1.66. The van der Waals surface area contributed by atoms with E-state index in [1.165, 1.54) is 17.0 Å². The molecule has 1 fully saturated rings. The molecule has 2 amide bonds. The monoisotopic (exact) mass is 402 g/mol. The lowest BCUT2D eigenvalue weighted by Crippen LogP contribution is -2.36.